The lowest BCUT2D eigenvalue weighted by atomic mass is 9.99. The molecule has 0 aromatic heterocycles. The second-order valence-electron chi connectivity index (χ2n) is 2.53. The summed E-state index contributed by atoms with van der Waals surface area (Å²) in [6.07, 6.45) is 2.95. The Morgan fingerprint density at radius 1 is 1.60 bits per heavy atom. The van der Waals surface area contributed by atoms with Gasteiger partial charge in [-0.25, -0.2) is 0 Å². The quantitative estimate of drug-likeness (QED) is 0.628. The molecule has 1 atom stereocenters. The molecule has 0 aliphatic heterocycles. The van der Waals surface area contributed by atoms with Crippen LogP contribution in [0.2, 0.25) is 0 Å². The molecule has 0 aliphatic rings. The maximum Gasteiger partial charge on any atom is 0.0624 e. The van der Waals surface area contributed by atoms with Crippen molar-refractivity contribution in [2.24, 2.45) is 5.92 Å². The van der Waals surface area contributed by atoms with Gasteiger partial charge >= 0.3 is 0 Å². The summed E-state index contributed by atoms with van der Waals surface area (Å²) < 4.78 is 0. The highest BCUT2D eigenvalue weighted by Gasteiger charge is 2.03. The van der Waals surface area contributed by atoms with Crippen LogP contribution in [0.15, 0.2) is 0 Å². The van der Waals surface area contributed by atoms with Crippen LogP contribution in [0.4, 0.5) is 0 Å². The van der Waals surface area contributed by atoms with E-state index < -0.39 is 0 Å². The highest BCUT2D eigenvalue weighted by Crippen LogP contribution is 2.10. The molecule has 1 unspecified atom stereocenters. The summed E-state index contributed by atoms with van der Waals surface area (Å²) >= 11 is 0. The van der Waals surface area contributed by atoms with Crippen LogP contribution in [0.1, 0.15) is 26.2 Å². The molecule has 2 heteroatoms. The molecule has 10 heavy (non-hydrogen) atoms. The molecule has 0 amide bonds. The van der Waals surface area contributed by atoms with E-state index in [-0.39, 0.29) is 0 Å². The molecule has 0 radical (unpaired) electrons. The van der Waals surface area contributed by atoms with Crippen molar-refractivity contribution in [3.63, 3.8) is 0 Å². The molecule has 0 saturated heterocycles. The largest absolute Gasteiger partial charge is 0.320 e. The maximum absolute atomic E-state index is 8.40. The molecule has 0 saturated carbocycles. The second kappa shape index (κ2) is 6.57. The van der Waals surface area contributed by atoms with Gasteiger partial charge in [-0.15, -0.1) is 0 Å². The second-order valence-corrected chi connectivity index (χ2v) is 2.53. The van der Waals surface area contributed by atoms with Crippen molar-refractivity contribution in [3.8, 4) is 6.07 Å². The summed E-state index contributed by atoms with van der Waals surface area (Å²) in [5.41, 5.74) is 0. The molecular weight excluding hydrogens is 124 g/mol. The Morgan fingerprint density at radius 3 is 2.70 bits per heavy atom. The van der Waals surface area contributed by atoms with E-state index in [1.807, 2.05) is 7.05 Å². The Hall–Kier alpha value is -0.550. The highest BCUT2D eigenvalue weighted by atomic mass is 14.8. The van der Waals surface area contributed by atoms with Gasteiger partial charge in [0.15, 0.2) is 0 Å². The fourth-order valence-corrected chi connectivity index (χ4v) is 0.928. The minimum atomic E-state index is 0.595. The molecule has 0 aromatic rings. The van der Waals surface area contributed by atoms with Crippen LogP contribution in [-0.4, -0.2) is 13.6 Å². The average Bonchev–Trinajstić information content (AvgIpc) is 1.98. The number of rotatable bonds is 5. The van der Waals surface area contributed by atoms with Gasteiger partial charge in [0.05, 0.1) is 6.07 Å². The van der Waals surface area contributed by atoms with Crippen molar-refractivity contribution < 1.29 is 0 Å². The van der Waals surface area contributed by atoms with Gasteiger partial charge in [0.2, 0.25) is 0 Å². The van der Waals surface area contributed by atoms with Crippen molar-refractivity contribution in [3.05, 3.63) is 0 Å². The standard InChI is InChI=1S/C8H16N2/c1-3-8(4-6-9)5-7-10-2/h8,10H,3-5,7H2,1-2H3. The van der Waals surface area contributed by atoms with E-state index in [2.05, 4.69) is 18.3 Å². The van der Waals surface area contributed by atoms with Crippen molar-refractivity contribution in [1.82, 2.24) is 5.32 Å². The van der Waals surface area contributed by atoms with Crippen LogP contribution in [0, 0.1) is 17.2 Å². The number of nitriles is 1. The molecule has 0 aliphatic carbocycles. The van der Waals surface area contributed by atoms with Crippen molar-refractivity contribution >= 4 is 0 Å². The van der Waals surface area contributed by atoms with E-state index in [1.54, 1.807) is 0 Å². The Kier molecular flexibility index (Phi) is 6.21. The summed E-state index contributed by atoms with van der Waals surface area (Å²) in [6.45, 7) is 3.16. The molecule has 0 bridgehead atoms. The Labute approximate surface area is 63.2 Å². The number of hydrogen-bond donors (Lipinski definition) is 1. The predicted molar refractivity (Wildman–Crippen MR) is 42.6 cm³/mol. The average molecular weight is 140 g/mol. The summed E-state index contributed by atoms with van der Waals surface area (Å²) in [5.74, 6) is 0.595. The van der Waals surface area contributed by atoms with Crippen LogP contribution in [0.3, 0.4) is 0 Å². The normalized spacial score (nSPS) is 12.5. The molecular formula is C8H16N2. The molecule has 1 N–H and O–H groups in total. The van der Waals surface area contributed by atoms with Crippen LogP contribution in [-0.2, 0) is 0 Å². The summed E-state index contributed by atoms with van der Waals surface area (Å²) in [4.78, 5) is 0. The van der Waals surface area contributed by atoms with Gasteiger partial charge in [0.1, 0.15) is 0 Å². The molecule has 0 fully saturated rings. The molecule has 2 nitrogen and oxygen atoms in total. The maximum atomic E-state index is 8.40. The lowest BCUT2D eigenvalue weighted by molar-refractivity contribution is 0.470. The first-order valence-corrected chi connectivity index (χ1v) is 3.86. The van der Waals surface area contributed by atoms with Gasteiger partial charge in [-0.2, -0.15) is 5.26 Å². The van der Waals surface area contributed by atoms with Gasteiger partial charge < -0.3 is 5.32 Å². The SMILES string of the molecule is CCC(CC#N)CCNC. The van der Waals surface area contributed by atoms with Crippen LogP contribution in [0.25, 0.3) is 0 Å². The van der Waals surface area contributed by atoms with Crippen LogP contribution < -0.4 is 5.32 Å². The molecule has 0 heterocycles. The number of nitrogens with one attached hydrogen (secondary N) is 1. The number of nitrogens with zero attached hydrogens (tertiary/aromatic N) is 1. The third-order valence-electron chi connectivity index (χ3n) is 1.76. The first-order chi connectivity index (χ1) is 4.85. The molecule has 58 valence electrons. The zero-order valence-corrected chi connectivity index (χ0v) is 6.85. The van der Waals surface area contributed by atoms with E-state index in [0.717, 1.165) is 19.4 Å². The lowest BCUT2D eigenvalue weighted by Gasteiger charge is -2.08. The van der Waals surface area contributed by atoms with Gasteiger partial charge in [0, 0.05) is 6.42 Å². The predicted octanol–water partition coefficient (Wildman–Crippen LogP) is 1.54. The third-order valence-corrected chi connectivity index (χ3v) is 1.76. The van der Waals surface area contributed by atoms with E-state index in [1.165, 1.54) is 0 Å². The van der Waals surface area contributed by atoms with Crippen molar-refractivity contribution in [1.29, 1.82) is 5.26 Å². The fourth-order valence-electron chi connectivity index (χ4n) is 0.928. The number of hydrogen-bond acceptors (Lipinski definition) is 2. The lowest BCUT2D eigenvalue weighted by Crippen LogP contribution is -2.12. The molecule has 0 rings (SSSR count). The van der Waals surface area contributed by atoms with Crippen LogP contribution >= 0.6 is 0 Å². The molecule has 0 spiro atoms. The Bertz CT molecular complexity index is 104. The fraction of sp³-hybridized carbons (Fsp3) is 0.875. The van der Waals surface area contributed by atoms with Crippen LogP contribution in [0.5, 0.6) is 0 Å². The summed E-state index contributed by atoms with van der Waals surface area (Å²) in [7, 11) is 1.94. The van der Waals surface area contributed by atoms with E-state index >= 15 is 0 Å². The van der Waals surface area contributed by atoms with Crippen molar-refractivity contribution in [2.45, 2.75) is 26.2 Å². The van der Waals surface area contributed by atoms with Gasteiger partial charge in [-0.1, -0.05) is 13.3 Å². The monoisotopic (exact) mass is 140 g/mol. The van der Waals surface area contributed by atoms with Gasteiger partial charge in [-0.05, 0) is 25.9 Å². The van der Waals surface area contributed by atoms with Gasteiger partial charge in [-0.3, -0.25) is 0 Å². The molecule has 0 aromatic carbocycles. The minimum Gasteiger partial charge on any atom is -0.320 e. The topological polar surface area (TPSA) is 35.8 Å². The van der Waals surface area contributed by atoms with Crippen molar-refractivity contribution in [2.75, 3.05) is 13.6 Å². The Morgan fingerprint density at radius 2 is 2.30 bits per heavy atom. The highest BCUT2D eigenvalue weighted by molar-refractivity contribution is 4.75. The van der Waals surface area contributed by atoms with Gasteiger partial charge in [0.25, 0.3) is 0 Å². The van der Waals surface area contributed by atoms with E-state index in [0.29, 0.717) is 12.3 Å². The zero-order chi connectivity index (χ0) is 7.82. The summed E-state index contributed by atoms with van der Waals surface area (Å²) in [6, 6.07) is 2.20. The van der Waals surface area contributed by atoms with E-state index in [4.69, 9.17) is 5.26 Å². The Balaban J connectivity index is 3.32. The minimum absolute atomic E-state index is 0.595. The smallest absolute Gasteiger partial charge is 0.0624 e. The third kappa shape index (κ3) is 4.34. The zero-order valence-electron chi connectivity index (χ0n) is 6.85. The van der Waals surface area contributed by atoms with E-state index in [9.17, 15) is 0 Å². The first kappa shape index (κ1) is 9.45. The first-order valence-electron chi connectivity index (χ1n) is 3.86. The summed E-state index contributed by atoms with van der Waals surface area (Å²) in [5, 5.41) is 11.5.